The van der Waals surface area contributed by atoms with E-state index in [0.29, 0.717) is 42.9 Å². The van der Waals surface area contributed by atoms with Gasteiger partial charge in [0.2, 0.25) is 42.2 Å². The number of piperazine rings is 3. The maximum Gasteiger partial charge on any atom is 0.279 e. The number of hydrogen-bond acceptors (Lipinski definition) is 23. The molecule has 5 amide bonds. The van der Waals surface area contributed by atoms with Gasteiger partial charge < -0.3 is 85.6 Å². The molecule has 3 aromatic heterocycles. The van der Waals surface area contributed by atoms with Crippen molar-refractivity contribution < 1.29 is 81.7 Å². The number of phenolic OH excluding ortho intramolecular Hbond substituents is 3. The third kappa shape index (κ3) is 17.7. The van der Waals surface area contributed by atoms with E-state index in [1.165, 1.54) is 68.4 Å². The molecule has 3 saturated heterocycles. The van der Waals surface area contributed by atoms with Gasteiger partial charge in [0.05, 0.1) is 26.2 Å². The first-order chi connectivity index (χ1) is 53.5. The summed E-state index contributed by atoms with van der Waals surface area (Å²) in [5.41, 5.74) is -1.13. The molecule has 112 heavy (non-hydrogen) atoms. The molecule has 0 unspecified atom stereocenters. The van der Waals surface area contributed by atoms with Gasteiger partial charge in [-0.05, 0) is 83.9 Å². The van der Waals surface area contributed by atoms with E-state index >= 15 is 13.2 Å². The summed E-state index contributed by atoms with van der Waals surface area (Å²) in [6.07, 6.45) is 0.603. The molecule has 28 nitrogen and oxygen atoms in total. The van der Waals surface area contributed by atoms with E-state index in [1.54, 1.807) is 67.2 Å². The van der Waals surface area contributed by atoms with Crippen molar-refractivity contribution in [3.05, 3.63) is 154 Å². The number of phenols is 3. The first-order valence-corrected chi connectivity index (χ1v) is 36.1. The summed E-state index contributed by atoms with van der Waals surface area (Å²) in [6, 6.07) is 22.1. The minimum atomic E-state index is -2.13. The number of aliphatic hydroxyl groups excluding tert-OH is 2. The molecule has 7 aromatic carbocycles. The maximum atomic E-state index is 16.0. The summed E-state index contributed by atoms with van der Waals surface area (Å²) in [4.78, 5) is 99.0. The first kappa shape index (κ1) is 81.7. The van der Waals surface area contributed by atoms with E-state index in [0.717, 1.165) is 22.9 Å². The van der Waals surface area contributed by atoms with Gasteiger partial charge in [0.15, 0.2) is 17.5 Å². The van der Waals surface area contributed by atoms with E-state index in [1.807, 2.05) is 36.1 Å². The molecule has 6 heterocycles. The fourth-order valence-corrected chi connectivity index (χ4v) is 14.0. The van der Waals surface area contributed by atoms with Crippen LogP contribution >= 0.6 is 34.8 Å². The SMILES string of the molecule is C/C=C/C(=O)N1CCN(c2ncnc3c(F)c(-c4cc(O)cc5ccccc45)c(Cl)cc23)CC1.CN(C)C(=O)CCNc1nc(N2CCN(C(=O)C(O)O)CC2)c2cc(Cl)c(-c3c(O)cccc3F)c(F)c2n1.CN(C)C(=O)CCNc1nc(N2CCN(C(=O)C(O)O)CC2)c2cc(Cl)c(-c3c(O)cccc3F)c(F)c2n1. The zero-order valence-electron chi connectivity index (χ0n) is 60.8. The molecule has 0 radical (unpaired) electrons. The average Bonchev–Trinajstić information content (AvgIpc) is 0.759. The van der Waals surface area contributed by atoms with E-state index in [2.05, 4.69) is 40.5 Å². The lowest BCUT2D eigenvalue weighted by atomic mass is 9.96. The molecule has 0 atom stereocenters. The molecule has 0 bridgehead atoms. The second-order valence-corrected chi connectivity index (χ2v) is 27.6. The summed E-state index contributed by atoms with van der Waals surface area (Å²) < 4.78 is 77.4. The number of fused-ring (bicyclic) bond motifs is 4. The highest BCUT2D eigenvalue weighted by atomic mass is 35.5. The van der Waals surface area contributed by atoms with Crippen LogP contribution in [-0.4, -0.2) is 252 Å². The van der Waals surface area contributed by atoms with Gasteiger partial charge in [-0.15, -0.1) is 0 Å². The number of anilines is 5. The maximum absolute atomic E-state index is 16.0. The molecule has 0 aliphatic carbocycles. The molecule has 3 fully saturated rings. The van der Waals surface area contributed by atoms with E-state index in [-0.39, 0.29) is 184 Å². The Morgan fingerprint density at radius 2 is 0.893 bits per heavy atom. The fourth-order valence-electron chi connectivity index (χ4n) is 13.1. The molecule has 3 aliphatic heterocycles. The van der Waals surface area contributed by atoms with Gasteiger partial charge in [-0.3, -0.25) is 24.0 Å². The Bertz CT molecular complexity index is 5050. The molecule has 10 aromatic rings. The minimum Gasteiger partial charge on any atom is -0.508 e. The molecule has 588 valence electrons. The van der Waals surface area contributed by atoms with Crippen LogP contribution in [0.5, 0.6) is 17.2 Å². The molecule has 9 N–H and O–H groups in total. The zero-order valence-corrected chi connectivity index (χ0v) is 63.1. The number of carbonyl (C=O) groups is 5. The molecule has 0 spiro atoms. The van der Waals surface area contributed by atoms with Crippen LogP contribution in [0.4, 0.5) is 51.3 Å². The van der Waals surface area contributed by atoms with Crippen LogP contribution in [0.1, 0.15) is 19.8 Å². The predicted molar refractivity (Wildman–Crippen MR) is 413 cm³/mol. The summed E-state index contributed by atoms with van der Waals surface area (Å²) in [5, 5.41) is 75.8. The van der Waals surface area contributed by atoms with Crippen molar-refractivity contribution in [2.75, 3.05) is 145 Å². The molecular formula is C76H76Cl3F5N16O12. The van der Waals surface area contributed by atoms with Gasteiger partial charge in [-0.25, -0.2) is 41.9 Å². The van der Waals surface area contributed by atoms with Crippen LogP contribution in [-0.2, 0) is 24.0 Å². The molecule has 3 aliphatic rings. The highest BCUT2D eigenvalue weighted by Gasteiger charge is 2.33. The molecule has 36 heteroatoms. The number of aliphatic hydroxyl groups is 4. The highest BCUT2D eigenvalue weighted by Crippen LogP contribution is 2.46. The molecule has 13 rings (SSSR count). The number of benzene rings is 7. The van der Waals surface area contributed by atoms with E-state index in [9.17, 15) is 68.5 Å². The van der Waals surface area contributed by atoms with Crippen molar-refractivity contribution in [2.45, 2.75) is 32.3 Å². The fraction of sp³-hybridized carbons (Fsp3) is 0.303. The Kier molecular flexibility index (Phi) is 25.8. The second kappa shape index (κ2) is 35.4. The summed E-state index contributed by atoms with van der Waals surface area (Å²) in [6.45, 7) is 5.75. The van der Waals surface area contributed by atoms with Gasteiger partial charge in [0, 0.05) is 166 Å². The van der Waals surface area contributed by atoms with Crippen molar-refractivity contribution in [1.29, 1.82) is 0 Å². The van der Waals surface area contributed by atoms with Crippen LogP contribution < -0.4 is 25.3 Å². The second-order valence-electron chi connectivity index (χ2n) is 26.4. The number of halogens is 8. The first-order valence-electron chi connectivity index (χ1n) is 35.0. The number of nitrogens with one attached hydrogen (secondary N) is 2. The number of nitrogens with zero attached hydrogens (tertiary/aromatic N) is 14. The number of aromatic nitrogens is 6. The summed E-state index contributed by atoms with van der Waals surface area (Å²) in [5.74, 6) is -6.14. The van der Waals surface area contributed by atoms with Gasteiger partial charge in [0.1, 0.15) is 69.2 Å². The van der Waals surface area contributed by atoms with Crippen molar-refractivity contribution in [2.24, 2.45) is 0 Å². The number of aromatic hydroxyl groups is 3. The smallest absolute Gasteiger partial charge is 0.279 e. The topological polar surface area (TPSA) is 354 Å². The quantitative estimate of drug-likeness (QED) is 0.0234. The lowest BCUT2D eigenvalue weighted by Crippen LogP contribution is -2.51. The highest BCUT2D eigenvalue weighted by molar-refractivity contribution is 6.36. The number of hydrogen-bond donors (Lipinski definition) is 9. The minimum absolute atomic E-state index is 0.00160. The zero-order chi connectivity index (χ0) is 80.7. The normalized spacial score (nSPS) is 14.0. The number of allylic oxidation sites excluding steroid dienone is 1. The Balaban J connectivity index is 0.000000167. The monoisotopic (exact) mass is 1600 g/mol. The summed E-state index contributed by atoms with van der Waals surface area (Å²) in [7, 11) is 6.47. The lowest BCUT2D eigenvalue weighted by molar-refractivity contribution is -0.159. The van der Waals surface area contributed by atoms with Crippen molar-refractivity contribution in [3.8, 4) is 50.6 Å². The third-order valence-corrected chi connectivity index (χ3v) is 19.7. The van der Waals surface area contributed by atoms with Crippen molar-refractivity contribution >= 4 is 137 Å². The van der Waals surface area contributed by atoms with Gasteiger partial charge >= 0.3 is 0 Å². The largest absolute Gasteiger partial charge is 0.508 e. The van der Waals surface area contributed by atoms with Gasteiger partial charge in [-0.1, -0.05) is 77.3 Å². The lowest BCUT2D eigenvalue weighted by Gasteiger charge is -2.36. The van der Waals surface area contributed by atoms with Crippen molar-refractivity contribution in [3.63, 3.8) is 0 Å². The number of rotatable bonds is 17. The van der Waals surface area contributed by atoms with E-state index in [4.69, 9.17) is 34.8 Å². The molecular weight excluding hydrogens is 1530 g/mol. The average molecular weight is 1610 g/mol. The third-order valence-electron chi connectivity index (χ3n) is 18.8. The van der Waals surface area contributed by atoms with Crippen LogP contribution in [0.25, 0.3) is 76.9 Å². The van der Waals surface area contributed by atoms with Crippen LogP contribution in [0.3, 0.4) is 0 Å². The number of carbonyl (C=O) groups excluding carboxylic acids is 5. The van der Waals surface area contributed by atoms with Crippen LogP contribution in [0.2, 0.25) is 15.1 Å². The van der Waals surface area contributed by atoms with E-state index < -0.39 is 76.1 Å². The van der Waals surface area contributed by atoms with Crippen LogP contribution in [0.15, 0.2) is 109 Å². The predicted octanol–water partition coefficient (Wildman–Crippen LogP) is 8.74. The standard InChI is InChI=1S/C26H22ClFN4O2.2C25H27ClF2N6O5/c1-2-5-22(34)31-8-10-32(11-9-31)26-20-14-21(27)23(24(28)25(20)29-15-30-26)19-13-17(33)12-16-6-3-4-7-18(16)19;2*1-32(2)17(36)6-7-29-25-30-21-13(22(31-25)33-8-10-34(11-9-33)23(37)24(38)39)12-14(26)18(20(21)28)19-15(27)4-3-5-16(19)35/h2-7,12-15,33H,8-11H2,1H3;2*3-5,12,24,35,38-39H,6-11H2,1-2H3,(H,29,30,31)/b5-2+;;. The Hall–Kier alpha value is -11.3. The number of amides is 5. The molecule has 0 saturated carbocycles. The van der Waals surface area contributed by atoms with Gasteiger partial charge in [0.25, 0.3) is 11.8 Å². The van der Waals surface area contributed by atoms with Gasteiger partial charge in [-0.2, -0.15) is 9.97 Å². The Morgan fingerprint density at radius 1 is 0.482 bits per heavy atom. The van der Waals surface area contributed by atoms with Crippen molar-refractivity contribution in [1.82, 2.24) is 54.4 Å². The van der Waals surface area contributed by atoms with Crippen LogP contribution in [0, 0.1) is 29.1 Å². The Morgan fingerprint density at radius 3 is 1.32 bits per heavy atom. The Labute approximate surface area is 651 Å². The summed E-state index contributed by atoms with van der Waals surface area (Å²) >= 11 is 19.5.